The molecular formula is C19H16N2O. The third-order valence-electron chi connectivity index (χ3n) is 4.26. The number of carbonyl (C=O) groups excluding carboxylic acids is 1. The maximum Gasteiger partial charge on any atom is 0.276 e. The Bertz CT molecular complexity index is 885. The van der Waals surface area contributed by atoms with E-state index < -0.39 is 0 Å². The molecule has 0 saturated heterocycles. The van der Waals surface area contributed by atoms with E-state index in [1.807, 2.05) is 41.3 Å². The number of hydrogen-bond acceptors (Lipinski definition) is 2. The number of aromatic nitrogens is 1. The summed E-state index contributed by atoms with van der Waals surface area (Å²) in [5, 5.41) is 1.05. The lowest BCUT2D eigenvalue weighted by Gasteiger charge is -2.19. The summed E-state index contributed by atoms with van der Waals surface area (Å²) >= 11 is 0. The first-order valence-electron chi connectivity index (χ1n) is 7.50. The summed E-state index contributed by atoms with van der Waals surface area (Å²) in [6.45, 7) is 2.78. The first-order valence-corrected chi connectivity index (χ1v) is 7.50. The molecule has 2 aromatic carbocycles. The van der Waals surface area contributed by atoms with Crippen molar-refractivity contribution in [2.75, 3.05) is 11.4 Å². The highest BCUT2D eigenvalue weighted by molar-refractivity contribution is 6.07. The van der Waals surface area contributed by atoms with Crippen LogP contribution in [0, 0.1) is 6.92 Å². The summed E-state index contributed by atoms with van der Waals surface area (Å²) in [4.78, 5) is 19.3. The van der Waals surface area contributed by atoms with Crippen molar-refractivity contribution < 1.29 is 4.79 Å². The van der Waals surface area contributed by atoms with Crippen LogP contribution in [0.15, 0.2) is 54.6 Å². The van der Waals surface area contributed by atoms with Crippen molar-refractivity contribution in [3.8, 4) is 0 Å². The molecule has 0 fully saturated rings. The number of nitrogens with zero attached hydrogens (tertiary/aromatic N) is 2. The van der Waals surface area contributed by atoms with Gasteiger partial charge in [-0.25, -0.2) is 4.98 Å². The van der Waals surface area contributed by atoms with Gasteiger partial charge in [0.25, 0.3) is 5.91 Å². The summed E-state index contributed by atoms with van der Waals surface area (Å²) in [7, 11) is 0. The maximum atomic E-state index is 12.9. The quantitative estimate of drug-likeness (QED) is 0.683. The van der Waals surface area contributed by atoms with Gasteiger partial charge in [-0.1, -0.05) is 42.5 Å². The number of hydrogen-bond donors (Lipinski definition) is 0. The van der Waals surface area contributed by atoms with Crippen LogP contribution in [0.5, 0.6) is 0 Å². The standard InChI is InChI=1S/C19H16N2O/c1-13-5-4-7-15-11-12-21(18(13)15)19(22)17-10-9-14-6-2-3-8-16(14)20-17/h2-10H,11-12H2,1H3. The number of amides is 1. The maximum absolute atomic E-state index is 12.9. The Balaban J connectivity index is 1.76. The van der Waals surface area contributed by atoms with Gasteiger partial charge in [0.05, 0.1) is 11.2 Å². The highest BCUT2D eigenvalue weighted by atomic mass is 16.2. The molecule has 3 aromatic rings. The van der Waals surface area contributed by atoms with Crippen LogP contribution in [0.25, 0.3) is 10.9 Å². The molecule has 0 spiro atoms. The topological polar surface area (TPSA) is 33.2 Å². The Labute approximate surface area is 129 Å². The van der Waals surface area contributed by atoms with Crippen molar-refractivity contribution in [1.82, 2.24) is 4.98 Å². The third-order valence-corrected chi connectivity index (χ3v) is 4.26. The molecule has 3 heteroatoms. The number of para-hydroxylation sites is 2. The number of fused-ring (bicyclic) bond motifs is 2. The zero-order valence-corrected chi connectivity index (χ0v) is 12.4. The first-order chi connectivity index (χ1) is 10.7. The molecule has 4 rings (SSSR count). The average Bonchev–Trinajstić information content (AvgIpc) is 2.99. The first kappa shape index (κ1) is 13.0. The summed E-state index contributed by atoms with van der Waals surface area (Å²) in [5.41, 5.74) is 4.81. The second-order valence-electron chi connectivity index (χ2n) is 5.68. The predicted molar refractivity (Wildman–Crippen MR) is 88.3 cm³/mol. The van der Waals surface area contributed by atoms with Crippen LogP contribution in [-0.2, 0) is 6.42 Å². The van der Waals surface area contributed by atoms with Gasteiger partial charge in [0.15, 0.2) is 0 Å². The minimum Gasteiger partial charge on any atom is -0.306 e. The van der Waals surface area contributed by atoms with Crippen molar-refractivity contribution in [1.29, 1.82) is 0 Å². The van der Waals surface area contributed by atoms with Crippen molar-refractivity contribution >= 4 is 22.5 Å². The fourth-order valence-electron chi connectivity index (χ4n) is 3.18. The smallest absolute Gasteiger partial charge is 0.276 e. The number of benzene rings is 2. The van der Waals surface area contributed by atoms with Crippen LogP contribution in [-0.4, -0.2) is 17.4 Å². The van der Waals surface area contributed by atoms with E-state index >= 15 is 0 Å². The van der Waals surface area contributed by atoms with E-state index in [2.05, 4.69) is 30.1 Å². The van der Waals surface area contributed by atoms with Crippen LogP contribution in [0.1, 0.15) is 21.6 Å². The molecule has 0 atom stereocenters. The molecule has 0 bridgehead atoms. The Morgan fingerprint density at radius 1 is 1.05 bits per heavy atom. The second-order valence-corrected chi connectivity index (χ2v) is 5.68. The van der Waals surface area contributed by atoms with Gasteiger partial charge in [-0.05, 0) is 36.6 Å². The number of carbonyl (C=O) groups is 1. The molecule has 1 amide bonds. The van der Waals surface area contributed by atoms with Gasteiger partial charge in [-0.2, -0.15) is 0 Å². The number of pyridine rings is 1. The summed E-state index contributed by atoms with van der Waals surface area (Å²) in [6.07, 6.45) is 0.913. The fraction of sp³-hybridized carbons (Fsp3) is 0.158. The van der Waals surface area contributed by atoms with Gasteiger partial charge in [0.2, 0.25) is 0 Å². The van der Waals surface area contributed by atoms with Gasteiger partial charge < -0.3 is 4.90 Å². The molecule has 3 nitrogen and oxygen atoms in total. The van der Waals surface area contributed by atoms with E-state index in [0.717, 1.165) is 35.1 Å². The minimum atomic E-state index is -0.0150. The normalized spacial score (nSPS) is 13.4. The van der Waals surface area contributed by atoms with Crippen LogP contribution >= 0.6 is 0 Å². The highest BCUT2D eigenvalue weighted by Crippen LogP contribution is 2.32. The van der Waals surface area contributed by atoms with Gasteiger partial charge in [0, 0.05) is 11.9 Å². The van der Waals surface area contributed by atoms with Crippen molar-refractivity contribution in [3.05, 3.63) is 71.4 Å². The van der Waals surface area contributed by atoms with Crippen molar-refractivity contribution in [2.45, 2.75) is 13.3 Å². The van der Waals surface area contributed by atoms with Crippen molar-refractivity contribution in [2.24, 2.45) is 0 Å². The SMILES string of the molecule is Cc1cccc2c1N(C(=O)c1ccc3ccccc3n1)CC2. The van der Waals surface area contributed by atoms with E-state index in [4.69, 9.17) is 0 Å². The third kappa shape index (κ3) is 1.98. The van der Waals surface area contributed by atoms with E-state index in [-0.39, 0.29) is 5.91 Å². The van der Waals surface area contributed by atoms with E-state index in [9.17, 15) is 4.79 Å². The Hall–Kier alpha value is -2.68. The predicted octanol–water partition coefficient (Wildman–Crippen LogP) is 3.75. The lowest BCUT2D eigenvalue weighted by atomic mass is 10.1. The highest BCUT2D eigenvalue weighted by Gasteiger charge is 2.27. The summed E-state index contributed by atoms with van der Waals surface area (Å²) in [6, 6.07) is 17.9. The van der Waals surface area contributed by atoms with Gasteiger partial charge in [0.1, 0.15) is 5.69 Å². The molecular weight excluding hydrogens is 272 g/mol. The lowest BCUT2D eigenvalue weighted by Crippen LogP contribution is -2.30. The van der Waals surface area contributed by atoms with Crippen LogP contribution < -0.4 is 4.90 Å². The number of rotatable bonds is 1. The molecule has 0 N–H and O–H groups in total. The van der Waals surface area contributed by atoms with Gasteiger partial charge >= 0.3 is 0 Å². The van der Waals surface area contributed by atoms with E-state index in [1.54, 1.807) is 0 Å². The van der Waals surface area contributed by atoms with Crippen LogP contribution in [0.2, 0.25) is 0 Å². The summed E-state index contributed by atoms with van der Waals surface area (Å²) < 4.78 is 0. The zero-order valence-electron chi connectivity index (χ0n) is 12.4. The summed E-state index contributed by atoms with van der Waals surface area (Å²) in [5.74, 6) is -0.0150. The van der Waals surface area contributed by atoms with Gasteiger partial charge in [-0.3, -0.25) is 4.79 Å². The Morgan fingerprint density at radius 2 is 1.91 bits per heavy atom. The molecule has 22 heavy (non-hydrogen) atoms. The van der Waals surface area contributed by atoms with Crippen LogP contribution in [0.3, 0.4) is 0 Å². The molecule has 108 valence electrons. The zero-order chi connectivity index (χ0) is 15.1. The molecule has 1 aliphatic rings. The fourth-order valence-corrected chi connectivity index (χ4v) is 3.18. The second kappa shape index (κ2) is 4.95. The molecule has 1 aromatic heterocycles. The molecule has 0 aliphatic carbocycles. The average molecular weight is 288 g/mol. The lowest BCUT2D eigenvalue weighted by molar-refractivity contribution is 0.0985. The number of aryl methyl sites for hydroxylation is 1. The molecule has 0 radical (unpaired) electrons. The number of anilines is 1. The minimum absolute atomic E-state index is 0.0150. The van der Waals surface area contributed by atoms with Gasteiger partial charge in [-0.15, -0.1) is 0 Å². The molecule has 2 heterocycles. The van der Waals surface area contributed by atoms with E-state index in [0.29, 0.717) is 5.69 Å². The van der Waals surface area contributed by atoms with Crippen molar-refractivity contribution in [3.63, 3.8) is 0 Å². The Kier molecular flexibility index (Phi) is 2.93. The monoisotopic (exact) mass is 288 g/mol. The van der Waals surface area contributed by atoms with Crippen LogP contribution in [0.4, 0.5) is 5.69 Å². The van der Waals surface area contributed by atoms with E-state index in [1.165, 1.54) is 5.56 Å². The molecule has 0 unspecified atom stereocenters. The largest absolute Gasteiger partial charge is 0.306 e. The molecule has 0 saturated carbocycles. The molecule has 1 aliphatic heterocycles. The Morgan fingerprint density at radius 3 is 2.82 bits per heavy atom.